The molecule has 0 unspecified atom stereocenters. The van der Waals surface area contributed by atoms with E-state index in [0.29, 0.717) is 34.3 Å². The molecule has 0 saturated heterocycles. The van der Waals surface area contributed by atoms with E-state index in [2.05, 4.69) is 15.3 Å². The normalized spacial score (nSPS) is 12.8. The van der Waals surface area contributed by atoms with E-state index in [1.165, 1.54) is 40.4 Å². The molecule has 4 aromatic rings. The summed E-state index contributed by atoms with van der Waals surface area (Å²) in [6.07, 6.45) is 0.750. The third-order valence-electron chi connectivity index (χ3n) is 6.48. The highest BCUT2D eigenvalue weighted by Gasteiger charge is 2.35. The molecule has 2 atom stereocenters. The van der Waals surface area contributed by atoms with Crippen molar-refractivity contribution in [3.05, 3.63) is 71.2 Å². The molecule has 0 saturated carbocycles. The second kappa shape index (κ2) is 11.6. The lowest BCUT2D eigenvalue weighted by molar-refractivity contribution is 0.102. The zero-order valence-electron chi connectivity index (χ0n) is 22.6. The number of sulfone groups is 1. The van der Waals surface area contributed by atoms with Gasteiger partial charge in [0, 0.05) is 20.4 Å². The van der Waals surface area contributed by atoms with Gasteiger partial charge in [-0.2, -0.15) is 15.6 Å². The minimum atomic E-state index is -3.98. The molecule has 0 spiro atoms. The van der Waals surface area contributed by atoms with Gasteiger partial charge in [-0.15, -0.1) is 10.2 Å². The molecule has 40 heavy (non-hydrogen) atoms. The number of hydrogen-bond donors (Lipinski definition) is 0. The van der Waals surface area contributed by atoms with Crippen molar-refractivity contribution in [3.8, 4) is 40.8 Å². The average Bonchev–Trinajstić information content (AvgIpc) is 3.58. The van der Waals surface area contributed by atoms with E-state index in [-0.39, 0.29) is 17.0 Å². The number of hydrogen-bond acceptors (Lipinski definition) is 10. The molecule has 2 heterocycles. The monoisotopic (exact) mass is 561 g/mol. The van der Waals surface area contributed by atoms with Gasteiger partial charge >= 0.3 is 0 Å². The maximum atomic E-state index is 13.9. The molecule has 0 amide bonds. The first-order valence-electron chi connectivity index (χ1n) is 12.0. The fourth-order valence-corrected chi connectivity index (χ4v) is 5.88. The third-order valence-corrected chi connectivity index (χ3v) is 8.53. The number of para-hydroxylation sites is 1. The van der Waals surface area contributed by atoms with Crippen molar-refractivity contribution in [1.29, 1.82) is 10.5 Å². The number of nitrogens with zero attached hydrogens (tertiary/aromatic N) is 7. The van der Waals surface area contributed by atoms with Crippen LogP contribution in [0.2, 0.25) is 0 Å². The van der Waals surface area contributed by atoms with E-state index >= 15 is 0 Å². The lowest BCUT2D eigenvalue weighted by atomic mass is 9.99. The average molecular weight is 562 g/mol. The molecule has 2 aromatic heterocycles. The molecular weight excluding hydrogens is 534 g/mol. The van der Waals surface area contributed by atoms with Crippen molar-refractivity contribution >= 4 is 9.84 Å². The lowest BCUT2D eigenvalue weighted by Gasteiger charge is -2.24. The Hall–Kier alpha value is -4.72. The van der Waals surface area contributed by atoms with Crippen molar-refractivity contribution in [3.63, 3.8) is 0 Å². The molecule has 13 heteroatoms. The summed E-state index contributed by atoms with van der Waals surface area (Å²) in [6, 6.07) is 15.4. The van der Waals surface area contributed by atoms with E-state index in [1.54, 1.807) is 52.8 Å². The Morgan fingerprint density at radius 3 is 2.25 bits per heavy atom. The maximum Gasteiger partial charge on any atom is 0.189 e. The second-order valence-corrected chi connectivity index (χ2v) is 11.2. The molecule has 12 nitrogen and oxygen atoms in total. The van der Waals surface area contributed by atoms with Gasteiger partial charge in [0.1, 0.15) is 28.6 Å². The van der Waals surface area contributed by atoms with Crippen molar-refractivity contribution in [1.82, 2.24) is 24.5 Å². The summed E-state index contributed by atoms with van der Waals surface area (Å²) in [4.78, 5) is 0. The Labute approximate surface area is 231 Å². The summed E-state index contributed by atoms with van der Waals surface area (Å²) >= 11 is 0. The third kappa shape index (κ3) is 5.25. The fourth-order valence-electron chi connectivity index (χ4n) is 4.44. The smallest absolute Gasteiger partial charge is 0.189 e. The zero-order valence-corrected chi connectivity index (χ0v) is 23.4. The summed E-state index contributed by atoms with van der Waals surface area (Å²) in [6.45, 7) is 1.51. The van der Waals surface area contributed by atoms with Gasteiger partial charge < -0.3 is 14.2 Å². The highest BCUT2D eigenvalue weighted by Crippen LogP contribution is 2.37. The zero-order chi connectivity index (χ0) is 29.0. The van der Waals surface area contributed by atoms with Gasteiger partial charge in [-0.3, -0.25) is 9.25 Å². The largest absolute Gasteiger partial charge is 0.494 e. The van der Waals surface area contributed by atoms with E-state index in [0.717, 1.165) is 0 Å². The van der Waals surface area contributed by atoms with Crippen LogP contribution in [0.4, 0.5) is 0 Å². The molecular formula is C27H27N7O5S. The summed E-state index contributed by atoms with van der Waals surface area (Å²) in [7, 11) is 2.14. The Morgan fingerprint density at radius 2 is 1.70 bits per heavy atom. The first-order valence-corrected chi connectivity index (χ1v) is 13.7. The Bertz CT molecular complexity index is 1710. The number of benzene rings is 2. The highest BCUT2D eigenvalue weighted by atomic mass is 32.2. The van der Waals surface area contributed by atoms with Gasteiger partial charge in [0.2, 0.25) is 0 Å². The number of nitriles is 2. The molecule has 4 rings (SSSR count). The predicted molar refractivity (Wildman–Crippen MR) is 144 cm³/mol. The van der Waals surface area contributed by atoms with Gasteiger partial charge in [-0.1, -0.05) is 12.1 Å². The summed E-state index contributed by atoms with van der Waals surface area (Å²) in [5.41, 5.74) is 1.69. The first kappa shape index (κ1) is 28.3. The number of aryl methyl sites for hydroxylation is 1. The maximum absolute atomic E-state index is 13.9. The summed E-state index contributed by atoms with van der Waals surface area (Å²) in [5.74, 6) is 0.699. The molecule has 0 bridgehead atoms. The van der Waals surface area contributed by atoms with E-state index in [9.17, 15) is 18.9 Å². The number of aromatic nitrogens is 5. The van der Waals surface area contributed by atoms with Gasteiger partial charge in [0.15, 0.2) is 21.5 Å². The number of ether oxygens (including phenoxy) is 3. The Kier molecular flexibility index (Phi) is 8.18. The lowest BCUT2D eigenvalue weighted by Crippen LogP contribution is -2.29. The fraction of sp³-hybridized carbons (Fsp3) is 0.296. The molecule has 0 aliphatic rings. The van der Waals surface area contributed by atoms with E-state index in [4.69, 9.17) is 14.2 Å². The predicted octanol–water partition coefficient (Wildman–Crippen LogP) is 3.12. The number of rotatable bonds is 10. The Balaban J connectivity index is 1.83. The molecule has 0 radical (unpaired) electrons. The van der Waals surface area contributed by atoms with Crippen molar-refractivity contribution in [2.45, 2.75) is 24.0 Å². The van der Waals surface area contributed by atoms with E-state index in [1.807, 2.05) is 12.1 Å². The van der Waals surface area contributed by atoms with Crippen LogP contribution in [-0.4, -0.2) is 59.5 Å². The second-order valence-electron chi connectivity index (χ2n) is 8.86. The summed E-state index contributed by atoms with van der Waals surface area (Å²) < 4.78 is 47.7. The number of methoxy groups -OCH3 is 3. The van der Waals surface area contributed by atoms with Crippen LogP contribution in [0.5, 0.6) is 11.5 Å². The van der Waals surface area contributed by atoms with Crippen LogP contribution >= 0.6 is 0 Å². The summed E-state index contributed by atoms with van der Waals surface area (Å²) in [5, 5.41) is 30.7. The highest BCUT2D eigenvalue weighted by molar-refractivity contribution is 7.91. The van der Waals surface area contributed by atoms with Gasteiger partial charge in [0.25, 0.3) is 0 Å². The quantitative estimate of drug-likeness (QED) is 0.282. The molecule has 0 aliphatic heterocycles. The molecule has 0 N–H and O–H groups in total. The van der Waals surface area contributed by atoms with Crippen LogP contribution in [0.3, 0.4) is 0 Å². The van der Waals surface area contributed by atoms with Crippen LogP contribution < -0.4 is 9.47 Å². The molecule has 0 aliphatic carbocycles. The Morgan fingerprint density at radius 1 is 1.00 bits per heavy atom. The van der Waals surface area contributed by atoms with Crippen LogP contribution in [0.15, 0.2) is 48.7 Å². The molecule has 2 aromatic carbocycles. The molecule has 206 valence electrons. The van der Waals surface area contributed by atoms with Crippen LogP contribution in [0.1, 0.15) is 35.5 Å². The van der Waals surface area contributed by atoms with Crippen molar-refractivity contribution in [2.75, 3.05) is 21.3 Å². The van der Waals surface area contributed by atoms with Crippen molar-refractivity contribution < 1.29 is 22.6 Å². The first-order chi connectivity index (χ1) is 19.2. The molecule has 0 fully saturated rings. The topological polar surface area (TPSA) is 158 Å². The van der Waals surface area contributed by atoms with Gasteiger partial charge in [0.05, 0.1) is 48.8 Å². The standard InChI is InChI=1S/C27H27N7O5S/c1-17(26(39-5)20-10-9-18(14-28)13-19(20)15-29)40(35,36)16-24-30-31-27(21-11-12-33(2)32-21)34(24)25-22(37-3)7-6-8-23(25)38-4/h6-13,17,26H,16H2,1-5H3/t17-,26-/m0/s1. The van der Waals surface area contributed by atoms with Crippen LogP contribution in [0, 0.1) is 22.7 Å². The van der Waals surface area contributed by atoms with E-state index < -0.39 is 26.9 Å². The van der Waals surface area contributed by atoms with Crippen LogP contribution in [0.25, 0.3) is 17.2 Å². The minimum absolute atomic E-state index is 0.102. The van der Waals surface area contributed by atoms with Gasteiger partial charge in [-0.25, -0.2) is 8.42 Å². The van der Waals surface area contributed by atoms with Crippen molar-refractivity contribution in [2.24, 2.45) is 7.05 Å². The van der Waals surface area contributed by atoms with Crippen LogP contribution in [-0.2, 0) is 27.4 Å². The minimum Gasteiger partial charge on any atom is -0.494 e. The SMILES string of the molecule is COc1cccc(OC)c1-n1c(CS(=O)(=O)[C@@H](C)[C@H](OC)c2ccc(C#N)cc2C#N)nnc1-c1ccn(C)n1. The van der Waals surface area contributed by atoms with Gasteiger partial charge in [-0.05, 0) is 42.8 Å².